The van der Waals surface area contributed by atoms with Crippen molar-refractivity contribution in [1.82, 2.24) is 9.88 Å². The fourth-order valence-corrected chi connectivity index (χ4v) is 3.54. The minimum atomic E-state index is 0.597. The number of nitrogens with two attached hydrogens (primary N) is 1. The van der Waals surface area contributed by atoms with Gasteiger partial charge in [-0.3, -0.25) is 4.90 Å². The molecule has 3 rings (SSSR count). The first-order chi connectivity index (χ1) is 10.2. The molecule has 2 heterocycles. The number of hydrogen-bond acceptors (Lipinski definition) is 4. The van der Waals surface area contributed by atoms with E-state index in [4.69, 9.17) is 10.7 Å². The summed E-state index contributed by atoms with van der Waals surface area (Å²) < 4.78 is 0. The molecular formula is C17H28N4. The number of aromatic nitrogens is 1. The van der Waals surface area contributed by atoms with Crippen molar-refractivity contribution in [3.63, 3.8) is 0 Å². The van der Waals surface area contributed by atoms with Gasteiger partial charge < -0.3 is 10.6 Å². The average molecular weight is 288 g/mol. The van der Waals surface area contributed by atoms with Crippen molar-refractivity contribution in [2.45, 2.75) is 52.1 Å². The second-order valence-electron chi connectivity index (χ2n) is 6.60. The molecule has 116 valence electrons. The summed E-state index contributed by atoms with van der Waals surface area (Å²) in [6, 6.07) is 2.96. The molecule has 4 heteroatoms. The molecule has 0 spiro atoms. The van der Waals surface area contributed by atoms with Crippen molar-refractivity contribution >= 4 is 5.82 Å². The molecule has 1 aromatic rings. The predicted molar refractivity (Wildman–Crippen MR) is 87.7 cm³/mol. The van der Waals surface area contributed by atoms with E-state index < -0.39 is 0 Å². The lowest BCUT2D eigenvalue weighted by atomic mass is 9.94. The molecule has 0 atom stereocenters. The van der Waals surface area contributed by atoms with Gasteiger partial charge in [-0.15, -0.1) is 0 Å². The van der Waals surface area contributed by atoms with Crippen LogP contribution in [0, 0.1) is 0 Å². The maximum Gasteiger partial charge on any atom is 0.133 e. The highest BCUT2D eigenvalue weighted by Crippen LogP contribution is 2.27. The first-order valence-corrected chi connectivity index (χ1v) is 8.39. The fourth-order valence-electron chi connectivity index (χ4n) is 3.54. The minimum absolute atomic E-state index is 0.597. The third kappa shape index (κ3) is 3.06. The van der Waals surface area contributed by atoms with Crippen LogP contribution >= 0.6 is 0 Å². The Bertz CT molecular complexity index is 490. The van der Waals surface area contributed by atoms with E-state index in [-0.39, 0.29) is 0 Å². The van der Waals surface area contributed by atoms with E-state index in [1.54, 1.807) is 0 Å². The third-order valence-electron chi connectivity index (χ3n) is 4.92. The van der Waals surface area contributed by atoms with Gasteiger partial charge >= 0.3 is 0 Å². The molecule has 0 aromatic carbocycles. The number of rotatable bonds is 3. The predicted octanol–water partition coefficient (Wildman–Crippen LogP) is 1.95. The summed E-state index contributed by atoms with van der Waals surface area (Å²) >= 11 is 0. The summed E-state index contributed by atoms with van der Waals surface area (Å²) in [5, 5.41) is 0. The quantitative estimate of drug-likeness (QED) is 0.923. The highest BCUT2D eigenvalue weighted by molar-refractivity contribution is 5.51. The molecule has 0 amide bonds. The van der Waals surface area contributed by atoms with Crippen LogP contribution in [0.1, 0.15) is 43.5 Å². The van der Waals surface area contributed by atoms with Crippen LogP contribution in [0.25, 0.3) is 0 Å². The molecule has 2 N–H and O–H groups in total. The van der Waals surface area contributed by atoms with Crippen molar-refractivity contribution in [1.29, 1.82) is 0 Å². The Labute approximate surface area is 128 Å². The number of pyridine rings is 1. The van der Waals surface area contributed by atoms with Gasteiger partial charge in [-0.25, -0.2) is 4.98 Å². The SMILES string of the molecule is CC(C)N1CCN(c2nc3c(cc2CN)CCCC3)CC1. The Balaban J connectivity index is 1.81. The van der Waals surface area contributed by atoms with Crippen LogP contribution in [0.5, 0.6) is 0 Å². The standard InChI is InChI=1S/C17H28N4/c1-13(2)20-7-9-21(10-8-20)17-15(12-18)11-14-5-3-4-6-16(14)19-17/h11,13H,3-10,12,18H2,1-2H3. The molecule has 1 fully saturated rings. The zero-order chi connectivity index (χ0) is 14.8. The Morgan fingerprint density at radius 1 is 1.14 bits per heavy atom. The summed E-state index contributed by atoms with van der Waals surface area (Å²) in [6.07, 6.45) is 4.89. The van der Waals surface area contributed by atoms with Crippen LogP contribution in [-0.2, 0) is 19.4 Å². The highest BCUT2D eigenvalue weighted by Gasteiger charge is 2.23. The number of nitrogens with zero attached hydrogens (tertiary/aromatic N) is 3. The molecule has 1 aliphatic carbocycles. The van der Waals surface area contributed by atoms with Gasteiger partial charge in [0.2, 0.25) is 0 Å². The van der Waals surface area contributed by atoms with E-state index >= 15 is 0 Å². The summed E-state index contributed by atoms with van der Waals surface area (Å²) in [5.41, 5.74) is 9.97. The summed E-state index contributed by atoms with van der Waals surface area (Å²) in [4.78, 5) is 9.98. The van der Waals surface area contributed by atoms with Crippen molar-refractivity contribution < 1.29 is 0 Å². The van der Waals surface area contributed by atoms with Crippen LogP contribution in [0.3, 0.4) is 0 Å². The van der Waals surface area contributed by atoms with Crippen molar-refractivity contribution in [3.8, 4) is 0 Å². The smallest absolute Gasteiger partial charge is 0.133 e. The second kappa shape index (κ2) is 6.32. The van der Waals surface area contributed by atoms with E-state index in [2.05, 4.69) is 29.7 Å². The number of piperazine rings is 1. The number of fused-ring (bicyclic) bond motifs is 1. The van der Waals surface area contributed by atoms with Gasteiger partial charge in [-0.05, 0) is 51.2 Å². The molecule has 0 bridgehead atoms. The normalized spacial score (nSPS) is 19.9. The lowest BCUT2D eigenvalue weighted by molar-refractivity contribution is 0.209. The Kier molecular flexibility index (Phi) is 4.45. The van der Waals surface area contributed by atoms with Crippen molar-refractivity contribution in [3.05, 3.63) is 22.9 Å². The van der Waals surface area contributed by atoms with Gasteiger partial charge in [0.15, 0.2) is 0 Å². The zero-order valence-corrected chi connectivity index (χ0v) is 13.4. The molecule has 0 unspecified atom stereocenters. The molecule has 0 saturated carbocycles. The number of hydrogen-bond donors (Lipinski definition) is 1. The first kappa shape index (κ1) is 14.8. The number of anilines is 1. The van der Waals surface area contributed by atoms with E-state index in [1.807, 2.05) is 0 Å². The lowest BCUT2D eigenvalue weighted by Gasteiger charge is -2.38. The largest absolute Gasteiger partial charge is 0.354 e. The fraction of sp³-hybridized carbons (Fsp3) is 0.706. The molecule has 21 heavy (non-hydrogen) atoms. The zero-order valence-electron chi connectivity index (χ0n) is 13.4. The van der Waals surface area contributed by atoms with E-state index in [1.165, 1.54) is 36.1 Å². The van der Waals surface area contributed by atoms with Crippen LogP contribution in [0.4, 0.5) is 5.82 Å². The van der Waals surface area contributed by atoms with E-state index in [9.17, 15) is 0 Å². The highest BCUT2D eigenvalue weighted by atomic mass is 15.3. The Hall–Kier alpha value is -1.13. The minimum Gasteiger partial charge on any atom is -0.354 e. The maximum absolute atomic E-state index is 5.99. The van der Waals surface area contributed by atoms with Crippen LogP contribution in [0.15, 0.2) is 6.07 Å². The third-order valence-corrected chi connectivity index (χ3v) is 4.92. The average Bonchev–Trinajstić information content (AvgIpc) is 2.53. The maximum atomic E-state index is 5.99. The van der Waals surface area contributed by atoms with Gasteiger partial charge in [-0.1, -0.05) is 0 Å². The Morgan fingerprint density at radius 2 is 1.86 bits per heavy atom. The molecule has 4 nitrogen and oxygen atoms in total. The summed E-state index contributed by atoms with van der Waals surface area (Å²) in [6.45, 7) is 9.53. The molecule has 0 radical (unpaired) electrons. The monoisotopic (exact) mass is 288 g/mol. The first-order valence-electron chi connectivity index (χ1n) is 8.39. The molecule has 2 aliphatic rings. The van der Waals surface area contributed by atoms with Crippen molar-refractivity contribution in [2.75, 3.05) is 31.1 Å². The summed E-state index contributed by atoms with van der Waals surface area (Å²) in [7, 11) is 0. The van der Waals surface area contributed by atoms with Gasteiger partial charge in [0.25, 0.3) is 0 Å². The molecule has 1 saturated heterocycles. The van der Waals surface area contributed by atoms with Gasteiger partial charge in [-0.2, -0.15) is 0 Å². The van der Waals surface area contributed by atoms with Gasteiger partial charge in [0.1, 0.15) is 5.82 Å². The van der Waals surface area contributed by atoms with Crippen molar-refractivity contribution in [2.24, 2.45) is 5.73 Å². The topological polar surface area (TPSA) is 45.4 Å². The lowest BCUT2D eigenvalue weighted by Crippen LogP contribution is -2.49. The van der Waals surface area contributed by atoms with E-state index in [0.29, 0.717) is 12.6 Å². The van der Waals surface area contributed by atoms with Gasteiger partial charge in [0.05, 0.1) is 0 Å². The Morgan fingerprint density at radius 3 is 2.52 bits per heavy atom. The van der Waals surface area contributed by atoms with Crippen LogP contribution in [-0.4, -0.2) is 42.1 Å². The van der Waals surface area contributed by atoms with Crippen LogP contribution < -0.4 is 10.6 Å². The van der Waals surface area contributed by atoms with Crippen LogP contribution in [0.2, 0.25) is 0 Å². The van der Waals surface area contributed by atoms with E-state index in [0.717, 1.165) is 38.4 Å². The molecule has 1 aromatic heterocycles. The summed E-state index contributed by atoms with van der Waals surface area (Å²) in [5.74, 6) is 1.15. The molecule has 1 aliphatic heterocycles. The molecular weight excluding hydrogens is 260 g/mol. The second-order valence-corrected chi connectivity index (χ2v) is 6.60. The van der Waals surface area contributed by atoms with Gasteiger partial charge in [0, 0.05) is 50.0 Å². The number of aryl methyl sites for hydroxylation is 2.